The molecule has 0 bridgehead atoms. The summed E-state index contributed by atoms with van der Waals surface area (Å²) >= 11 is 0. The largest absolute Gasteiger partial charge is 0.398 e. The van der Waals surface area contributed by atoms with Crippen LogP contribution in [0.5, 0.6) is 0 Å². The van der Waals surface area contributed by atoms with E-state index in [4.69, 9.17) is 5.73 Å². The molecule has 1 aromatic carbocycles. The molecular formula is C9H12N2O2S. The maximum Gasteiger partial charge on any atom is 0.242 e. The third kappa shape index (κ3) is 2.34. The van der Waals surface area contributed by atoms with Crippen LogP contribution in [0.1, 0.15) is 0 Å². The summed E-state index contributed by atoms with van der Waals surface area (Å²) in [6, 6.07) is 6.31. The molecule has 0 aliphatic carbocycles. The van der Waals surface area contributed by atoms with Crippen molar-refractivity contribution in [1.82, 2.24) is 4.72 Å². The number of hydrogen-bond donors (Lipinski definition) is 2. The molecule has 0 saturated heterocycles. The molecular weight excluding hydrogens is 200 g/mol. The number of nitrogens with two attached hydrogens (primary N) is 1. The van der Waals surface area contributed by atoms with Crippen LogP contribution < -0.4 is 10.5 Å². The second kappa shape index (κ2) is 4.26. The van der Waals surface area contributed by atoms with Crippen molar-refractivity contribution >= 4 is 15.7 Å². The average Bonchev–Trinajstić information content (AvgIpc) is 2.15. The Morgan fingerprint density at radius 2 is 2.07 bits per heavy atom. The van der Waals surface area contributed by atoms with Gasteiger partial charge in [0.1, 0.15) is 4.90 Å². The van der Waals surface area contributed by atoms with Gasteiger partial charge in [-0.15, -0.1) is 6.58 Å². The van der Waals surface area contributed by atoms with Gasteiger partial charge in [-0.2, -0.15) is 0 Å². The Labute approximate surface area is 83.5 Å². The van der Waals surface area contributed by atoms with Crippen LogP contribution >= 0.6 is 0 Å². The number of anilines is 1. The fraction of sp³-hybridized carbons (Fsp3) is 0.111. The van der Waals surface area contributed by atoms with Gasteiger partial charge in [-0.3, -0.25) is 0 Å². The van der Waals surface area contributed by atoms with Crippen molar-refractivity contribution in [3.05, 3.63) is 36.9 Å². The molecule has 0 aliphatic rings. The van der Waals surface area contributed by atoms with Gasteiger partial charge in [0, 0.05) is 6.54 Å². The highest BCUT2D eigenvalue weighted by Gasteiger charge is 2.14. The van der Waals surface area contributed by atoms with Gasteiger partial charge in [0.25, 0.3) is 0 Å². The van der Waals surface area contributed by atoms with Crippen LogP contribution in [0.2, 0.25) is 0 Å². The SMILES string of the molecule is C=CCNS(=O)(=O)c1ccccc1N. The van der Waals surface area contributed by atoms with E-state index in [2.05, 4.69) is 11.3 Å². The molecule has 0 saturated carbocycles. The van der Waals surface area contributed by atoms with Crippen molar-refractivity contribution in [3.8, 4) is 0 Å². The highest BCUT2D eigenvalue weighted by atomic mass is 32.2. The number of hydrogen-bond acceptors (Lipinski definition) is 3. The molecule has 0 radical (unpaired) electrons. The highest BCUT2D eigenvalue weighted by molar-refractivity contribution is 7.89. The first-order chi connectivity index (χ1) is 6.58. The van der Waals surface area contributed by atoms with E-state index in [0.29, 0.717) is 0 Å². The van der Waals surface area contributed by atoms with E-state index < -0.39 is 10.0 Å². The molecule has 4 nitrogen and oxygen atoms in total. The first kappa shape index (κ1) is 10.7. The van der Waals surface area contributed by atoms with Gasteiger partial charge < -0.3 is 5.73 Å². The van der Waals surface area contributed by atoms with Gasteiger partial charge >= 0.3 is 0 Å². The first-order valence-electron chi connectivity index (χ1n) is 4.03. The van der Waals surface area contributed by atoms with E-state index in [9.17, 15) is 8.42 Å². The lowest BCUT2D eigenvalue weighted by atomic mass is 10.3. The lowest BCUT2D eigenvalue weighted by molar-refractivity contribution is 0.586. The van der Waals surface area contributed by atoms with Crippen molar-refractivity contribution in [1.29, 1.82) is 0 Å². The fourth-order valence-corrected chi connectivity index (χ4v) is 2.10. The number of para-hydroxylation sites is 1. The van der Waals surface area contributed by atoms with Crippen molar-refractivity contribution in [2.24, 2.45) is 0 Å². The quantitative estimate of drug-likeness (QED) is 0.571. The minimum absolute atomic E-state index is 0.0989. The van der Waals surface area contributed by atoms with E-state index in [-0.39, 0.29) is 17.1 Å². The number of benzene rings is 1. The summed E-state index contributed by atoms with van der Waals surface area (Å²) in [4.78, 5) is 0.0989. The zero-order valence-corrected chi connectivity index (χ0v) is 8.42. The van der Waals surface area contributed by atoms with Crippen LogP contribution in [0, 0.1) is 0 Å². The fourth-order valence-electron chi connectivity index (χ4n) is 0.972. The molecule has 0 unspecified atom stereocenters. The second-order valence-corrected chi connectivity index (χ2v) is 4.41. The molecule has 0 aromatic heterocycles. The third-order valence-electron chi connectivity index (χ3n) is 1.63. The lowest BCUT2D eigenvalue weighted by Gasteiger charge is -2.06. The Kier molecular flexibility index (Phi) is 3.27. The standard InChI is InChI=1S/C9H12N2O2S/c1-2-7-11-14(12,13)9-6-4-3-5-8(9)10/h2-6,11H,1,7,10H2. The van der Waals surface area contributed by atoms with Crippen LogP contribution in [-0.4, -0.2) is 15.0 Å². The van der Waals surface area contributed by atoms with Crippen LogP contribution in [-0.2, 0) is 10.0 Å². The lowest BCUT2D eigenvalue weighted by Crippen LogP contribution is -2.24. The number of rotatable bonds is 4. The predicted molar refractivity (Wildman–Crippen MR) is 56.2 cm³/mol. The van der Waals surface area contributed by atoms with Crippen LogP contribution in [0.3, 0.4) is 0 Å². The summed E-state index contributed by atoms with van der Waals surface area (Å²) in [7, 11) is -3.50. The first-order valence-corrected chi connectivity index (χ1v) is 5.51. The summed E-state index contributed by atoms with van der Waals surface area (Å²) in [5.74, 6) is 0. The highest BCUT2D eigenvalue weighted by Crippen LogP contribution is 2.16. The molecule has 5 heteroatoms. The Balaban J connectivity index is 3.04. The monoisotopic (exact) mass is 212 g/mol. The van der Waals surface area contributed by atoms with Crippen molar-refractivity contribution < 1.29 is 8.42 Å². The van der Waals surface area contributed by atoms with E-state index in [1.807, 2.05) is 0 Å². The zero-order valence-electron chi connectivity index (χ0n) is 7.60. The topological polar surface area (TPSA) is 72.2 Å². The normalized spacial score (nSPS) is 11.1. The van der Waals surface area contributed by atoms with Gasteiger partial charge in [-0.25, -0.2) is 13.1 Å². The number of nitrogens with one attached hydrogen (secondary N) is 1. The molecule has 76 valence electrons. The summed E-state index contributed by atoms with van der Waals surface area (Å²) in [6.07, 6.45) is 1.47. The van der Waals surface area contributed by atoms with Crippen LogP contribution in [0.15, 0.2) is 41.8 Å². The average molecular weight is 212 g/mol. The van der Waals surface area contributed by atoms with Gasteiger partial charge in [-0.05, 0) is 12.1 Å². The Bertz CT molecular complexity index is 426. The van der Waals surface area contributed by atoms with Gasteiger partial charge in [0.05, 0.1) is 5.69 Å². The number of nitrogen functional groups attached to an aromatic ring is 1. The van der Waals surface area contributed by atoms with E-state index in [0.717, 1.165) is 0 Å². The Morgan fingerprint density at radius 1 is 1.43 bits per heavy atom. The molecule has 0 heterocycles. The Morgan fingerprint density at radius 3 is 2.64 bits per heavy atom. The summed E-state index contributed by atoms with van der Waals surface area (Å²) in [6.45, 7) is 3.61. The summed E-state index contributed by atoms with van der Waals surface area (Å²) in [5, 5.41) is 0. The minimum Gasteiger partial charge on any atom is -0.398 e. The van der Waals surface area contributed by atoms with E-state index >= 15 is 0 Å². The molecule has 1 aromatic rings. The molecule has 0 spiro atoms. The minimum atomic E-state index is -3.50. The predicted octanol–water partition coefficient (Wildman–Crippen LogP) is 0.733. The maximum atomic E-state index is 11.6. The van der Waals surface area contributed by atoms with Crippen molar-refractivity contribution in [2.45, 2.75) is 4.90 Å². The van der Waals surface area contributed by atoms with Crippen molar-refractivity contribution in [3.63, 3.8) is 0 Å². The summed E-state index contributed by atoms with van der Waals surface area (Å²) < 4.78 is 25.5. The smallest absolute Gasteiger partial charge is 0.242 e. The van der Waals surface area contributed by atoms with E-state index in [1.165, 1.54) is 12.1 Å². The zero-order chi connectivity index (χ0) is 10.6. The molecule has 0 aliphatic heterocycles. The number of sulfonamides is 1. The maximum absolute atomic E-state index is 11.6. The Hall–Kier alpha value is -1.33. The van der Waals surface area contributed by atoms with E-state index in [1.54, 1.807) is 18.2 Å². The molecule has 14 heavy (non-hydrogen) atoms. The van der Waals surface area contributed by atoms with Crippen LogP contribution in [0.25, 0.3) is 0 Å². The second-order valence-electron chi connectivity index (χ2n) is 2.68. The molecule has 0 fully saturated rings. The third-order valence-corrected chi connectivity index (χ3v) is 3.12. The van der Waals surface area contributed by atoms with Gasteiger partial charge in [0.2, 0.25) is 10.0 Å². The van der Waals surface area contributed by atoms with Gasteiger partial charge in [-0.1, -0.05) is 18.2 Å². The van der Waals surface area contributed by atoms with Gasteiger partial charge in [0.15, 0.2) is 0 Å². The van der Waals surface area contributed by atoms with Crippen LogP contribution in [0.4, 0.5) is 5.69 Å². The molecule has 1 rings (SSSR count). The van der Waals surface area contributed by atoms with Crippen molar-refractivity contribution in [2.75, 3.05) is 12.3 Å². The molecule has 0 atom stereocenters. The summed E-state index contributed by atoms with van der Waals surface area (Å²) in [5.41, 5.74) is 5.77. The molecule has 0 amide bonds. The molecule has 3 N–H and O–H groups in total.